The zero-order valence-corrected chi connectivity index (χ0v) is 13.7. The fourth-order valence-electron chi connectivity index (χ4n) is 3.27. The summed E-state index contributed by atoms with van der Waals surface area (Å²) in [6.45, 7) is 4.28. The lowest BCUT2D eigenvalue weighted by Crippen LogP contribution is -2.21. The van der Waals surface area contributed by atoms with Crippen molar-refractivity contribution in [2.45, 2.75) is 83.8 Å². The first-order valence-corrected chi connectivity index (χ1v) is 8.96. The van der Waals surface area contributed by atoms with Crippen LogP contribution in [-0.4, -0.2) is 22.3 Å². The molecule has 1 fully saturated rings. The van der Waals surface area contributed by atoms with Crippen LogP contribution < -0.4 is 0 Å². The second-order valence-corrected chi connectivity index (χ2v) is 6.54. The highest BCUT2D eigenvalue weighted by Crippen LogP contribution is 2.25. The molecule has 1 aliphatic carbocycles. The Morgan fingerprint density at radius 2 is 2.05 bits per heavy atom. The molecule has 1 saturated carbocycles. The van der Waals surface area contributed by atoms with Gasteiger partial charge >= 0.3 is 0 Å². The average molecular weight is 292 g/mol. The lowest BCUT2D eigenvalue weighted by Gasteiger charge is -2.25. The summed E-state index contributed by atoms with van der Waals surface area (Å²) >= 11 is 0. The molecule has 0 amide bonds. The lowest BCUT2D eigenvalue weighted by molar-refractivity contribution is 0.00809. The molecule has 1 heterocycles. The molecule has 3 nitrogen and oxygen atoms in total. The topological polar surface area (TPSA) is 27.1 Å². The van der Waals surface area contributed by atoms with E-state index in [2.05, 4.69) is 16.5 Å². The SMILES string of the molecule is CCCCCC(CCn1ccnc1)OCC1CCCCC1. The van der Waals surface area contributed by atoms with Gasteiger partial charge in [-0.15, -0.1) is 0 Å². The van der Waals surface area contributed by atoms with Gasteiger partial charge in [0.2, 0.25) is 0 Å². The number of ether oxygens (including phenoxy) is 1. The van der Waals surface area contributed by atoms with Gasteiger partial charge in [-0.3, -0.25) is 0 Å². The molecule has 1 aromatic rings. The van der Waals surface area contributed by atoms with Gasteiger partial charge in [0.25, 0.3) is 0 Å². The van der Waals surface area contributed by atoms with E-state index in [1.807, 2.05) is 18.7 Å². The van der Waals surface area contributed by atoms with E-state index in [1.54, 1.807) is 0 Å². The van der Waals surface area contributed by atoms with Gasteiger partial charge < -0.3 is 9.30 Å². The van der Waals surface area contributed by atoms with E-state index in [0.29, 0.717) is 6.10 Å². The first-order chi connectivity index (χ1) is 10.4. The van der Waals surface area contributed by atoms with Crippen LogP contribution in [0.2, 0.25) is 0 Å². The third-order valence-electron chi connectivity index (χ3n) is 4.69. The number of nitrogens with zero attached hydrogens (tertiary/aromatic N) is 2. The van der Waals surface area contributed by atoms with Gasteiger partial charge in [-0.25, -0.2) is 4.98 Å². The van der Waals surface area contributed by atoms with Crippen molar-refractivity contribution < 1.29 is 4.74 Å². The molecule has 1 aromatic heterocycles. The number of imidazole rings is 1. The van der Waals surface area contributed by atoms with Crippen molar-refractivity contribution >= 4 is 0 Å². The standard InChI is InChI=1S/C18H32N2O/c1-2-3-5-10-18(11-13-20-14-12-19-16-20)21-15-17-8-6-4-7-9-17/h12,14,16-18H,2-11,13,15H2,1H3. The lowest BCUT2D eigenvalue weighted by atomic mass is 9.90. The molecule has 1 atom stereocenters. The predicted molar refractivity (Wildman–Crippen MR) is 87.3 cm³/mol. The quantitative estimate of drug-likeness (QED) is 0.578. The van der Waals surface area contributed by atoms with Crippen molar-refractivity contribution in [3.05, 3.63) is 18.7 Å². The monoisotopic (exact) mass is 292 g/mol. The smallest absolute Gasteiger partial charge is 0.0945 e. The van der Waals surface area contributed by atoms with E-state index in [4.69, 9.17) is 4.74 Å². The van der Waals surface area contributed by atoms with Crippen molar-refractivity contribution in [3.8, 4) is 0 Å². The minimum atomic E-state index is 0.431. The van der Waals surface area contributed by atoms with Gasteiger partial charge in [-0.05, 0) is 31.6 Å². The molecule has 21 heavy (non-hydrogen) atoms. The van der Waals surface area contributed by atoms with Gasteiger partial charge in [0.1, 0.15) is 0 Å². The Balaban J connectivity index is 1.70. The van der Waals surface area contributed by atoms with Crippen LogP contribution in [0.3, 0.4) is 0 Å². The summed E-state index contributed by atoms with van der Waals surface area (Å²) in [5, 5.41) is 0. The molecule has 0 bridgehead atoms. The first kappa shape index (κ1) is 16.5. The number of hydrogen-bond acceptors (Lipinski definition) is 2. The minimum Gasteiger partial charge on any atom is -0.378 e. The second-order valence-electron chi connectivity index (χ2n) is 6.54. The third kappa shape index (κ3) is 6.64. The second kappa shape index (κ2) is 9.99. The van der Waals surface area contributed by atoms with E-state index in [9.17, 15) is 0 Å². The molecule has 0 radical (unpaired) electrons. The van der Waals surface area contributed by atoms with Gasteiger partial charge in [0.05, 0.1) is 12.4 Å². The van der Waals surface area contributed by atoms with Gasteiger partial charge in [0.15, 0.2) is 0 Å². The van der Waals surface area contributed by atoms with Crippen LogP contribution in [0.25, 0.3) is 0 Å². The maximum absolute atomic E-state index is 6.29. The third-order valence-corrected chi connectivity index (χ3v) is 4.69. The maximum Gasteiger partial charge on any atom is 0.0945 e. The van der Waals surface area contributed by atoms with Gasteiger partial charge in [-0.1, -0.05) is 45.4 Å². The molecule has 0 N–H and O–H groups in total. The van der Waals surface area contributed by atoms with Crippen LogP contribution in [0, 0.1) is 5.92 Å². The van der Waals surface area contributed by atoms with Crippen LogP contribution in [0.1, 0.15) is 71.1 Å². The number of aryl methyl sites for hydroxylation is 1. The van der Waals surface area contributed by atoms with E-state index in [-0.39, 0.29) is 0 Å². The summed E-state index contributed by atoms with van der Waals surface area (Å²) in [7, 11) is 0. The molecule has 1 unspecified atom stereocenters. The summed E-state index contributed by atoms with van der Waals surface area (Å²) in [5.41, 5.74) is 0. The Labute approximate surface area is 130 Å². The van der Waals surface area contributed by atoms with Crippen molar-refractivity contribution in [2.75, 3.05) is 6.61 Å². The summed E-state index contributed by atoms with van der Waals surface area (Å²) < 4.78 is 8.46. The van der Waals surface area contributed by atoms with Crippen molar-refractivity contribution in [1.29, 1.82) is 0 Å². The zero-order chi connectivity index (χ0) is 14.8. The highest BCUT2D eigenvalue weighted by atomic mass is 16.5. The van der Waals surface area contributed by atoms with Crippen LogP contribution >= 0.6 is 0 Å². The van der Waals surface area contributed by atoms with Crippen molar-refractivity contribution in [3.63, 3.8) is 0 Å². The maximum atomic E-state index is 6.29. The molecule has 3 heteroatoms. The summed E-state index contributed by atoms with van der Waals surface area (Å²) in [5.74, 6) is 0.820. The molecule has 120 valence electrons. The number of rotatable bonds is 10. The Morgan fingerprint density at radius 3 is 2.76 bits per heavy atom. The molecule has 0 aliphatic heterocycles. The Morgan fingerprint density at radius 1 is 1.19 bits per heavy atom. The van der Waals surface area contributed by atoms with E-state index in [0.717, 1.165) is 25.5 Å². The highest BCUT2D eigenvalue weighted by molar-refractivity contribution is 4.75. The van der Waals surface area contributed by atoms with Gasteiger partial charge in [-0.2, -0.15) is 0 Å². The molecule has 2 rings (SSSR count). The van der Waals surface area contributed by atoms with Crippen LogP contribution in [0.4, 0.5) is 0 Å². The van der Waals surface area contributed by atoms with Crippen molar-refractivity contribution in [1.82, 2.24) is 9.55 Å². The number of unbranched alkanes of at least 4 members (excludes halogenated alkanes) is 2. The van der Waals surface area contributed by atoms with Crippen LogP contribution in [0.15, 0.2) is 18.7 Å². The summed E-state index contributed by atoms with van der Waals surface area (Å²) in [4.78, 5) is 4.12. The fraction of sp³-hybridized carbons (Fsp3) is 0.833. The molecular formula is C18H32N2O. The Hall–Kier alpha value is -0.830. The molecule has 0 spiro atoms. The summed E-state index contributed by atoms with van der Waals surface area (Å²) in [6.07, 6.45) is 19.5. The van der Waals surface area contributed by atoms with Crippen LogP contribution in [-0.2, 0) is 11.3 Å². The number of aromatic nitrogens is 2. The van der Waals surface area contributed by atoms with E-state index < -0.39 is 0 Å². The first-order valence-electron chi connectivity index (χ1n) is 8.96. The van der Waals surface area contributed by atoms with Crippen LogP contribution in [0.5, 0.6) is 0 Å². The zero-order valence-electron chi connectivity index (χ0n) is 13.7. The number of hydrogen-bond donors (Lipinski definition) is 0. The molecular weight excluding hydrogens is 260 g/mol. The van der Waals surface area contributed by atoms with Gasteiger partial charge in [0, 0.05) is 25.5 Å². The Bertz CT molecular complexity index is 344. The minimum absolute atomic E-state index is 0.431. The average Bonchev–Trinajstić information content (AvgIpc) is 3.04. The highest BCUT2D eigenvalue weighted by Gasteiger charge is 2.16. The molecule has 0 aromatic carbocycles. The Kier molecular flexibility index (Phi) is 7.87. The molecule has 0 saturated heterocycles. The summed E-state index contributed by atoms with van der Waals surface area (Å²) in [6, 6.07) is 0. The normalized spacial score (nSPS) is 18.0. The van der Waals surface area contributed by atoms with Crippen molar-refractivity contribution in [2.24, 2.45) is 5.92 Å². The molecule has 1 aliphatic rings. The van der Waals surface area contributed by atoms with E-state index >= 15 is 0 Å². The largest absolute Gasteiger partial charge is 0.378 e. The van der Waals surface area contributed by atoms with E-state index in [1.165, 1.54) is 57.8 Å². The fourth-order valence-corrected chi connectivity index (χ4v) is 3.27. The predicted octanol–water partition coefficient (Wildman–Crippen LogP) is 4.82.